The first-order valence-electron chi connectivity index (χ1n) is 4.67. The summed E-state index contributed by atoms with van der Waals surface area (Å²) >= 11 is 0. The molecule has 0 unspecified atom stereocenters. The number of ether oxygens (including phenoxy) is 1. The van der Waals surface area contributed by atoms with E-state index in [-0.39, 0.29) is 11.7 Å². The van der Waals surface area contributed by atoms with Gasteiger partial charge < -0.3 is 9.26 Å². The predicted octanol–water partition coefficient (Wildman–Crippen LogP) is 0.864. The van der Waals surface area contributed by atoms with Crippen molar-refractivity contribution in [3.05, 3.63) is 30.2 Å². The van der Waals surface area contributed by atoms with E-state index >= 15 is 0 Å². The van der Waals surface area contributed by atoms with Crippen LogP contribution in [-0.4, -0.2) is 28.4 Å². The van der Waals surface area contributed by atoms with Crippen molar-refractivity contribution in [1.29, 1.82) is 0 Å². The minimum absolute atomic E-state index is 0.256. The smallest absolute Gasteiger partial charge is 0.333 e. The first-order chi connectivity index (χ1) is 8.24. The minimum atomic E-state index is -0.850. The quantitative estimate of drug-likeness (QED) is 0.605. The lowest BCUT2D eigenvalue weighted by Crippen LogP contribution is -2.18. The van der Waals surface area contributed by atoms with E-state index in [4.69, 9.17) is 9.94 Å². The van der Waals surface area contributed by atoms with Crippen LogP contribution in [0.3, 0.4) is 0 Å². The summed E-state index contributed by atoms with van der Waals surface area (Å²) in [5.41, 5.74) is 2.08. The lowest BCUT2D eigenvalue weighted by atomic mass is 10.2. The van der Waals surface area contributed by atoms with Gasteiger partial charge in [0.25, 0.3) is 0 Å². The zero-order valence-corrected chi connectivity index (χ0v) is 8.88. The Labute approximate surface area is 96.0 Å². The number of amides is 1. The second-order valence-electron chi connectivity index (χ2n) is 3.09. The highest BCUT2D eigenvalue weighted by molar-refractivity contribution is 5.88. The third-order valence-corrected chi connectivity index (χ3v) is 2.07. The molecule has 2 rings (SSSR count). The summed E-state index contributed by atoms with van der Waals surface area (Å²) in [6, 6.07) is 6.92. The molecule has 0 spiro atoms. The molecule has 0 aliphatic heterocycles. The van der Waals surface area contributed by atoms with E-state index in [1.807, 2.05) is 0 Å². The zero-order valence-electron chi connectivity index (χ0n) is 8.88. The highest BCUT2D eigenvalue weighted by Crippen LogP contribution is 2.19. The molecule has 0 aliphatic rings. The van der Waals surface area contributed by atoms with E-state index in [1.54, 1.807) is 31.4 Å². The number of carbonyl (C=O) groups is 1. The van der Waals surface area contributed by atoms with Gasteiger partial charge in [-0.25, -0.2) is 5.48 Å². The summed E-state index contributed by atoms with van der Waals surface area (Å²) in [6.07, 6.45) is 0. The number of hydroxylamine groups is 1. The Morgan fingerprint density at radius 3 is 2.71 bits per heavy atom. The van der Waals surface area contributed by atoms with Gasteiger partial charge in [0.15, 0.2) is 0 Å². The molecule has 0 atom stereocenters. The molecule has 0 radical (unpaired) electrons. The molecule has 1 aromatic carbocycles. The van der Waals surface area contributed by atoms with Crippen LogP contribution >= 0.6 is 0 Å². The molecule has 1 heterocycles. The van der Waals surface area contributed by atoms with Gasteiger partial charge >= 0.3 is 11.8 Å². The van der Waals surface area contributed by atoms with E-state index in [0.29, 0.717) is 11.3 Å². The van der Waals surface area contributed by atoms with Crippen LogP contribution in [0, 0.1) is 0 Å². The van der Waals surface area contributed by atoms with E-state index in [2.05, 4.69) is 14.7 Å². The van der Waals surface area contributed by atoms with Crippen molar-refractivity contribution in [3.8, 4) is 17.1 Å². The molecule has 2 N–H and O–H groups in total. The molecule has 0 bridgehead atoms. The fourth-order valence-electron chi connectivity index (χ4n) is 1.22. The summed E-state index contributed by atoms with van der Waals surface area (Å²) in [7, 11) is 1.56. The summed E-state index contributed by atoms with van der Waals surface area (Å²) in [6.45, 7) is 0. The number of nitrogens with zero attached hydrogens (tertiary/aromatic N) is 2. The van der Waals surface area contributed by atoms with Gasteiger partial charge in [-0.15, -0.1) is 0 Å². The Balaban J connectivity index is 2.27. The van der Waals surface area contributed by atoms with E-state index < -0.39 is 5.91 Å². The van der Waals surface area contributed by atoms with Crippen molar-refractivity contribution in [2.75, 3.05) is 7.11 Å². The monoisotopic (exact) mass is 235 g/mol. The lowest BCUT2D eigenvalue weighted by Gasteiger charge is -1.98. The molecule has 0 fully saturated rings. The van der Waals surface area contributed by atoms with Gasteiger partial charge in [-0.05, 0) is 24.3 Å². The summed E-state index contributed by atoms with van der Waals surface area (Å²) in [5, 5.41) is 12.0. The summed E-state index contributed by atoms with van der Waals surface area (Å²) < 4.78 is 9.67. The molecule has 17 heavy (non-hydrogen) atoms. The first kappa shape index (κ1) is 11.1. The second-order valence-corrected chi connectivity index (χ2v) is 3.09. The minimum Gasteiger partial charge on any atom is -0.497 e. The third kappa shape index (κ3) is 2.23. The summed E-state index contributed by atoms with van der Waals surface area (Å²) in [5.74, 6) is -0.201. The van der Waals surface area contributed by atoms with Gasteiger partial charge in [-0.2, -0.15) is 4.98 Å². The molecule has 7 heteroatoms. The SMILES string of the molecule is COc1ccc(-c2noc(C(=O)NO)n2)cc1. The average molecular weight is 235 g/mol. The Kier molecular flexibility index (Phi) is 3.01. The molecule has 7 nitrogen and oxygen atoms in total. The van der Waals surface area contributed by atoms with Gasteiger partial charge in [-0.3, -0.25) is 10.0 Å². The Hall–Kier alpha value is -2.41. The van der Waals surface area contributed by atoms with Crippen molar-refractivity contribution < 1.29 is 19.3 Å². The van der Waals surface area contributed by atoms with Gasteiger partial charge in [0.1, 0.15) is 5.75 Å². The topological polar surface area (TPSA) is 97.5 Å². The number of nitrogens with one attached hydrogen (secondary N) is 1. The number of benzene rings is 1. The van der Waals surface area contributed by atoms with Crippen molar-refractivity contribution in [2.45, 2.75) is 0 Å². The molecule has 88 valence electrons. The Morgan fingerprint density at radius 1 is 1.41 bits per heavy atom. The molecule has 0 aliphatic carbocycles. The van der Waals surface area contributed by atoms with Crippen LogP contribution in [0.4, 0.5) is 0 Å². The molecular formula is C10H9N3O4. The largest absolute Gasteiger partial charge is 0.497 e. The maximum Gasteiger partial charge on any atom is 0.333 e. The third-order valence-electron chi connectivity index (χ3n) is 2.07. The van der Waals surface area contributed by atoms with Crippen LogP contribution in [0.2, 0.25) is 0 Å². The highest BCUT2D eigenvalue weighted by atomic mass is 16.5. The molecule has 0 saturated heterocycles. The number of rotatable bonds is 3. The maximum atomic E-state index is 11.0. The van der Waals surface area contributed by atoms with Gasteiger partial charge in [0.2, 0.25) is 5.82 Å². The number of hydrogen-bond donors (Lipinski definition) is 2. The lowest BCUT2D eigenvalue weighted by molar-refractivity contribution is 0.0659. The maximum absolute atomic E-state index is 11.0. The van der Waals surface area contributed by atoms with Crippen molar-refractivity contribution in [2.24, 2.45) is 0 Å². The molecule has 2 aromatic rings. The van der Waals surface area contributed by atoms with Gasteiger partial charge in [0, 0.05) is 5.56 Å². The van der Waals surface area contributed by atoms with E-state index in [9.17, 15) is 4.79 Å². The molecule has 1 aromatic heterocycles. The molecule has 0 saturated carbocycles. The second kappa shape index (κ2) is 4.62. The van der Waals surface area contributed by atoms with Crippen molar-refractivity contribution in [1.82, 2.24) is 15.6 Å². The van der Waals surface area contributed by atoms with Crippen molar-refractivity contribution in [3.63, 3.8) is 0 Å². The van der Waals surface area contributed by atoms with Crippen LogP contribution in [0.1, 0.15) is 10.7 Å². The van der Waals surface area contributed by atoms with E-state index in [1.165, 1.54) is 5.48 Å². The standard InChI is InChI=1S/C10H9N3O4/c1-16-7-4-2-6(3-5-7)8-11-10(17-13-8)9(14)12-15/h2-5,15H,1H3,(H,12,14). The molecular weight excluding hydrogens is 226 g/mol. The number of carbonyl (C=O) groups excluding carboxylic acids is 1. The number of hydrogen-bond acceptors (Lipinski definition) is 6. The fourth-order valence-corrected chi connectivity index (χ4v) is 1.22. The Bertz CT molecular complexity index is 521. The number of methoxy groups -OCH3 is 1. The van der Waals surface area contributed by atoms with Crippen LogP contribution in [0.25, 0.3) is 11.4 Å². The summed E-state index contributed by atoms with van der Waals surface area (Å²) in [4.78, 5) is 14.8. The van der Waals surface area contributed by atoms with E-state index in [0.717, 1.165) is 0 Å². The molecule has 1 amide bonds. The van der Waals surface area contributed by atoms with Crippen LogP contribution < -0.4 is 10.2 Å². The average Bonchev–Trinajstić information content (AvgIpc) is 2.87. The zero-order chi connectivity index (χ0) is 12.3. The number of aromatic nitrogens is 2. The first-order valence-corrected chi connectivity index (χ1v) is 4.67. The Morgan fingerprint density at radius 2 is 2.12 bits per heavy atom. The predicted molar refractivity (Wildman–Crippen MR) is 55.5 cm³/mol. The van der Waals surface area contributed by atoms with Crippen molar-refractivity contribution >= 4 is 5.91 Å². The van der Waals surface area contributed by atoms with Gasteiger partial charge in [-0.1, -0.05) is 5.16 Å². The normalized spacial score (nSPS) is 10.0. The van der Waals surface area contributed by atoms with Crippen LogP contribution in [0.5, 0.6) is 5.75 Å². The fraction of sp³-hybridized carbons (Fsp3) is 0.100. The van der Waals surface area contributed by atoms with Crippen LogP contribution in [0.15, 0.2) is 28.8 Å². The highest BCUT2D eigenvalue weighted by Gasteiger charge is 2.15. The van der Waals surface area contributed by atoms with Gasteiger partial charge in [0.05, 0.1) is 7.11 Å². The van der Waals surface area contributed by atoms with Crippen LogP contribution in [-0.2, 0) is 0 Å².